The van der Waals surface area contributed by atoms with Crippen molar-refractivity contribution in [1.29, 1.82) is 0 Å². The highest BCUT2D eigenvalue weighted by Crippen LogP contribution is 2.28. The number of rotatable bonds is 5. The van der Waals surface area contributed by atoms with E-state index in [0.29, 0.717) is 36.4 Å². The lowest BCUT2D eigenvalue weighted by Crippen LogP contribution is -2.53. The maximum atomic E-state index is 12.9. The molecular weight excluding hydrogens is 378 g/mol. The van der Waals surface area contributed by atoms with Crippen LogP contribution in [-0.4, -0.2) is 48.3 Å². The number of aliphatic hydroxyl groups is 1. The van der Waals surface area contributed by atoms with Gasteiger partial charge in [-0.1, -0.05) is 17.7 Å². The molecule has 0 bridgehead atoms. The van der Waals surface area contributed by atoms with Crippen LogP contribution >= 0.6 is 11.6 Å². The van der Waals surface area contributed by atoms with E-state index in [1.165, 1.54) is 0 Å². The second-order valence-corrected chi connectivity index (χ2v) is 7.82. The van der Waals surface area contributed by atoms with Crippen molar-refractivity contribution in [1.82, 2.24) is 4.90 Å². The highest BCUT2D eigenvalue weighted by atomic mass is 35.5. The predicted octanol–water partition coefficient (Wildman–Crippen LogP) is 4.01. The molecule has 2 aromatic rings. The van der Waals surface area contributed by atoms with Gasteiger partial charge in [0, 0.05) is 17.1 Å². The third kappa shape index (κ3) is 4.59. The van der Waals surface area contributed by atoms with Crippen LogP contribution in [0.2, 0.25) is 5.02 Å². The number of carbonyl (C=O) groups excluding carboxylic acids is 1. The number of aryl methyl sites for hydroxylation is 2. The fourth-order valence-corrected chi connectivity index (χ4v) is 3.66. The molecule has 1 unspecified atom stereocenters. The second kappa shape index (κ2) is 8.41. The number of hydrogen-bond donors (Lipinski definition) is 1. The summed E-state index contributed by atoms with van der Waals surface area (Å²) >= 11 is 6.20. The van der Waals surface area contributed by atoms with E-state index in [-0.39, 0.29) is 19.1 Å². The van der Waals surface area contributed by atoms with Gasteiger partial charge < -0.3 is 19.5 Å². The van der Waals surface area contributed by atoms with Gasteiger partial charge in [-0.05, 0) is 68.1 Å². The van der Waals surface area contributed by atoms with E-state index in [0.717, 1.165) is 16.1 Å². The van der Waals surface area contributed by atoms with E-state index in [1.54, 1.807) is 36.3 Å². The van der Waals surface area contributed by atoms with Gasteiger partial charge in [-0.3, -0.25) is 4.79 Å². The first kappa shape index (κ1) is 20.5. The number of amides is 1. The van der Waals surface area contributed by atoms with Crippen LogP contribution in [0.5, 0.6) is 11.5 Å². The maximum Gasteiger partial charge on any atom is 0.254 e. The lowest BCUT2D eigenvalue weighted by atomic mass is 9.93. The maximum absolute atomic E-state index is 12.9. The molecule has 1 atom stereocenters. The van der Waals surface area contributed by atoms with Gasteiger partial charge in [0.25, 0.3) is 5.91 Å². The van der Waals surface area contributed by atoms with Gasteiger partial charge in [0.15, 0.2) is 0 Å². The standard InChI is InChI=1S/C22H26ClNO4/c1-15-10-19(11-16(2)20(15)23)28-14-22(26)8-5-9-24(13-22)21(25)17-6-4-7-18(12-17)27-3/h4,6-7,10-12,26H,5,8-9,13-14H2,1-3H3. The number of piperidine rings is 1. The Morgan fingerprint density at radius 1 is 1.21 bits per heavy atom. The summed E-state index contributed by atoms with van der Waals surface area (Å²) in [5.74, 6) is 1.19. The number of nitrogens with zero attached hydrogens (tertiary/aromatic N) is 1. The molecule has 6 heteroatoms. The topological polar surface area (TPSA) is 59.0 Å². The Morgan fingerprint density at radius 3 is 2.61 bits per heavy atom. The monoisotopic (exact) mass is 403 g/mol. The smallest absolute Gasteiger partial charge is 0.254 e. The minimum absolute atomic E-state index is 0.116. The third-order valence-corrected chi connectivity index (χ3v) is 5.67. The van der Waals surface area contributed by atoms with Crippen molar-refractivity contribution in [2.45, 2.75) is 32.3 Å². The van der Waals surface area contributed by atoms with Crippen LogP contribution in [0.3, 0.4) is 0 Å². The van der Waals surface area contributed by atoms with E-state index in [1.807, 2.05) is 26.0 Å². The summed E-state index contributed by atoms with van der Waals surface area (Å²) in [6.07, 6.45) is 1.30. The van der Waals surface area contributed by atoms with E-state index >= 15 is 0 Å². The minimum Gasteiger partial charge on any atom is -0.497 e. The molecule has 1 fully saturated rings. The molecule has 0 radical (unpaired) electrons. The van der Waals surface area contributed by atoms with E-state index in [9.17, 15) is 9.90 Å². The lowest BCUT2D eigenvalue weighted by molar-refractivity contribution is -0.0532. The Bertz CT molecular complexity index is 846. The van der Waals surface area contributed by atoms with Crippen molar-refractivity contribution in [3.05, 3.63) is 58.1 Å². The molecular formula is C22H26ClNO4. The SMILES string of the molecule is COc1cccc(C(=O)N2CCCC(O)(COc3cc(C)c(Cl)c(C)c3)C2)c1. The highest BCUT2D eigenvalue weighted by Gasteiger charge is 2.36. The van der Waals surface area contributed by atoms with Gasteiger partial charge in [0.05, 0.1) is 13.7 Å². The molecule has 1 N–H and O–H groups in total. The van der Waals surface area contributed by atoms with Gasteiger partial charge in [0.1, 0.15) is 23.7 Å². The third-order valence-electron chi connectivity index (χ3n) is 5.08. The molecule has 28 heavy (non-hydrogen) atoms. The average molecular weight is 404 g/mol. The van der Waals surface area contributed by atoms with Crippen LogP contribution in [0.25, 0.3) is 0 Å². The number of methoxy groups -OCH3 is 1. The number of ether oxygens (including phenoxy) is 2. The summed E-state index contributed by atoms with van der Waals surface area (Å²) in [5.41, 5.74) is 1.33. The Kier molecular flexibility index (Phi) is 6.16. The first-order chi connectivity index (χ1) is 13.3. The van der Waals surface area contributed by atoms with E-state index < -0.39 is 5.60 Å². The summed E-state index contributed by atoms with van der Waals surface area (Å²) in [4.78, 5) is 14.5. The first-order valence-corrected chi connectivity index (χ1v) is 9.74. The zero-order chi connectivity index (χ0) is 20.3. The van der Waals surface area contributed by atoms with Gasteiger partial charge >= 0.3 is 0 Å². The molecule has 5 nitrogen and oxygen atoms in total. The van der Waals surface area contributed by atoms with Gasteiger partial charge in [0.2, 0.25) is 0 Å². The summed E-state index contributed by atoms with van der Waals surface area (Å²) in [6, 6.07) is 10.8. The number of benzene rings is 2. The summed E-state index contributed by atoms with van der Waals surface area (Å²) < 4.78 is 11.1. The molecule has 0 spiro atoms. The zero-order valence-corrected chi connectivity index (χ0v) is 17.3. The molecule has 1 aliphatic rings. The van der Waals surface area contributed by atoms with Crippen LogP contribution in [0, 0.1) is 13.8 Å². The Morgan fingerprint density at radius 2 is 1.93 bits per heavy atom. The summed E-state index contributed by atoms with van der Waals surface area (Å²) in [7, 11) is 1.57. The molecule has 1 saturated heterocycles. The molecule has 0 saturated carbocycles. The normalized spacial score (nSPS) is 19.4. The number of hydrogen-bond acceptors (Lipinski definition) is 4. The van der Waals surface area contributed by atoms with Crippen LogP contribution < -0.4 is 9.47 Å². The average Bonchev–Trinajstić information content (AvgIpc) is 2.70. The molecule has 1 heterocycles. The van der Waals surface area contributed by atoms with Crippen molar-refractivity contribution < 1.29 is 19.4 Å². The van der Waals surface area contributed by atoms with Crippen molar-refractivity contribution in [2.75, 3.05) is 26.8 Å². The Hall–Kier alpha value is -2.24. The number of likely N-dealkylation sites (tertiary alicyclic amines) is 1. The molecule has 1 amide bonds. The quantitative estimate of drug-likeness (QED) is 0.819. The fraction of sp³-hybridized carbons (Fsp3) is 0.409. The van der Waals surface area contributed by atoms with Crippen LogP contribution in [0.4, 0.5) is 0 Å². The van der Waals surface area contributed by atoms with Crippen LogP contribution in [-0.2, 0) is 0 Å². The summed E-state index contributed by atoms with van der Waals surface area (Å²) in [6.45, 7) is 4.81. The minimum atomic E-state index is -1.09. The second-order valence-electron chi connectivity index (χ2n) is 7.45. The Balaban J connectivity index is 1.68. The molecule has 0 aromatic heterocycles. The number of halogens is 1. The molecule has 3 rings (SSSR count). The number of β-amino-alcohol motifs (C(OH)–C–C–N with tert-alkyl or cyclic N) is 1. The molecule has 1 aliphatic heterocycles. The van der Waals surface area contributed by atoms with Gasteiger partial charge in [-0.25, -0.2) is 0 Å². The molecule has 0 aliphatic carbocycles. The van der Waals surface area contributed by atoms with E-state index in [4.69, 9.17) is 21.1 Å². The first-order valence-electron chi connectivity index (χ1n) is 9.36. The van der Waals surface area contributed by atoms with E-state index in [2.05, 4.69) is 0 Å². The van der Waals surface area contributed by atoms with Crippen LogP contribution in [0.1, 0.15) is 34.3 Å². The highest BCUT2D eigenvalue weighted by molar-refractivity contribution is 6.32. The van der Waals surface area contributed by atoms with Crippen molar-refractivity contribution in [2.24, 2.45) is 0 Å². The van der Waals surface area contributed by atoms with Crippen molar-refractivity contribution in [3.8, 4) is 11.5 Å². The van der Waals surface area contributed by atoms with Crippen LogP contribution in [0.15, 0.2) is 36.4 Å². The fourth-order valence-electron chi connectivity index (χ4n) is 3.55. The van der Waals surface area contributed by atoms with Crippen molar-refractivity contribution in [3.63, 3.8) is 0 Å². The Labute approximate surface area is 170 Å². The van der Waals surface area contributed by atoms with Gasteiger partial charge in [-0.2, -0.15) is 0 Å². The lowest BCUT2D eigenvalue weighted by Gasteiger charge is -2.39. The predicted molar refractivity (Wildman–Crippen MR) is 110 cm³/mol. The number of carbonyl (C=O) groups is 1. The zero-order valence-electron chi connectivity index (χ0n) is 16.5. The molecule has 150 valence electrons. The summed E-state index contributed by atoms with van der Waals surface area (Å²) in [5, 5.41) is 11.7. The van der Waals surface area contributed by atoms with Gasteiger partial charge in [-0.15, -0.1) is 0 Å². The molecule has 2 aromatic carbocycles. The largest absolute Gasteiger partial charge is 0.497 e. The van der Waals surface area contributed by atoms with Crippen molar-refractivity contribution >= 4 is 17.5 Å².